The number of hydrogen-bond donors (Lipinski definition) is 1. The molecular weight excluding hydrogens is 554 g/mol. The minimum atomic E-state index is -1.28. The quantitative estimate of drug-likeness (QED) is 0.333. The standard InChI is InChI=1S/C32H49N3O8/c1-21(2)18-25(29(37)38)33(6)28(36)27(20-23-10-12-24(13-11-23)35-14-16-41-17-15-35)42-30(39)26(19-22-8-9-22)34(7)31(40)43-32(3,4)5/h10-13,21-22,25-27H,8-9,14-20H2,1-7H3,(H,37,38)/t25-,26-,27+/m0/s1. The van der Waals surface area contributed by atoms with Crippen molar-refractivity contribution in [3.05, 3.63) is 29.8 Å². The number of hydrogen-bond acceptors (Lipinski definition) is 8. The summed E-state index contributed by atoms with van der Waals surface area (Å²) in [6.45, 7) is 11.9. The monoisotopic (exact) mass is 603 g/mol. The smallest absolute Gasteiger partial charge is 0.410 e. The topological polar surface area (TPSA) is 126 Å². The first-order chi connectivity index (χ1) is 20.2. The number of carbonyl (C=O) groups is 4. The van der Waals surface area contributed by atoms with E-state index in [0.29, 0.717) is 19.6 Å². The van der Waals surface area contributed by atoms with Crippen molar-refractivity contribution in [3.8, 4) is 0 Å². The molecule has 1 aromatic rings. The van der Waals surface area contributed by atoms with Crippen molar-refractivity contribution in [1.82, 2.24) is 9.80 Å². The molecule has 1 aliphatic heterocycles. The molecule has 0 spiro atoms. The van der Waals surface area contributed by atoms with E-state index in [1.54, 1.807) is 20.8 Å². The van der Waals surface area contributed by atoms with Crippen LogP contribution in [-0.2, 0) is 35.0 Å². The normalized spacial score (nSPS) is 17.5. The lowest BCUT2D eigenvalue weighted by molar-refractivity contribution is -0.166. The Balaban J connectivity index is 1.86. The van der Waals surface area contributed by atoms with Gasteiger partial charge in [-0.3, -0.25) is 9.69 Å². The molecule has 240 valence electrons. The Labute approximate surface area is 255 Å². The van der Waals surface area contributed by atoms with Gasteiger partial charge < -0.3 is 29.1 Å². The maximum atomic E-state index is 13.8. The maximum absolute atomic E-state index is 13.8. The zero-order valence-corrected chi connectivity index (χ0v) is 26.7. The first kappa shape index (κ1) is 34.2. The third-order valence-electron chi connectivity index (χ3n) is 7.74. The number of amides is 2. The van der Waals surface area contributed by atoms with Crippen molar-refractivity contribution in [2.24, 2.45) is 11.8 Å². The number of ether oxygens (including phenoxy) is 3. The lowest BCUT2D eigenvalue weighted by atomic mass is 10.0. The Hall–Kier alpha value is -3.34. The molecule has 3 rings (SSSR count). The average Bonchev–Trinajstić information content (AvgIpc) is 3.77. The fourth-order valence-electron chi connectivity index (χ4n) is 5.07. The molecular formula is C32H49N3O8. The number of anilines is 1. The van der Waals surface area contributed by atoms with E-state index in [1.807, 2.05) is 38.1 Å². The second-order valence-electron chi connectivity index (χ2n) is 13.1. The lowest BCUT2D eigenvalue weighted by Gasteiger charge is -2.32. The molecule has 11 heteroatoms. The SMILES string of the molecule is CC(C)C[C@@H](C(=O)O)N(C)C(=O)[C@@H](Cc1ccc(N2CCOCC2)cc1)OC(=O)[C@H](CC1CC1)N(C)C(=O)OC(C)(C)C. The minimum absolute atomic E-state index is 0.0236. The van der Waals surface area contributed by atoms with E-state index < -0.39 is 47.7 Å². The van der Waals surface area contributed by atoms with Gasteiger partial charge in [0.25, 0.3) is 5.91 Å². The van der Waals surface area contributed by atoms with Crippen LogP contribution in [0.2, 0.25) is 0 Å². The van der Waals surface area contributed by atoms with Gasteiger partial charge in [-0.05, 0) is 63.1 Å². The molecule has 1 heterocycles. The van der Waals surface area contributed by atoms with Gasteiger partial charge in [-0.25, -0.2) is 14.4 Å². The number of morpholine rings is 1. The number of carboxylic acids is 1. The Morgan fingerprint density at radius 2 is 1.60 bits per heavy atom. The number of carboxylic acid groups (broad SMARTS) is 1. The molecule has 1 N–H and O–H groups in total. The molecule has 0 bridgehead atoms. The maximum Gasteiger partial charge on any atom is 0.410 e. The van der Waals surface area contributed by atoms with Crippen LogP contribution in [0.4, 0.5) is 10.5 Å². The predicted octanol–water partition coefficient (Wildman–Crippen LogP) is 3.97. The average molecular weight is 604 g/mol. The Morgan fingerprint density at radius 3 is 2.12 bits per heavy atom. The summed E-state index contributed by atoms with van der Waals surface area (Å²) in [5, 5.41) is 9.90. The molecule has 0 unspecified atom stereocenters. The highest BCUT2D eigenvalue weighted by molar-refractivity contribution is 5.89. The Morgan fingerprint density at radius 1 is 1.00 bits per heavy atom. The van der Waals surface area contributed by atoms with Crippen molar-refractivity contribution in [2.75, 3.05) is 45.3 Å². The Bertz CT molecular complexity index is 1110. The molecule has 2 amide bonds. The van der Waals surface area contributed by atoms with Crippen LogP contribution in [0.25, 0.3) is 0 Å². The third kappa shape index (κ3) is 10.4. The fraction of sp³-hybridized carbons (Fsp3) is 0.688. The molecule has 11 nitrogen and oxygen atoms in total. The number of nitrogens with zero attached hydrogens (tertiary/aromatic N) is 3. The largest absolute Gasteiger partial charge is 0.480 e. The van der Waals surface area contributed by atoms with Gasteiger partial charge in [-0.1, -0.05) is 38.8 Å². The number of likely N-dealkylation sites (N-methyl/N-ethyl adjacent to an activating group) is 2. The van der Waals surface area contributed by atoms with E-state index in [4.69, 9.17) is 14.2 Å². The van der Waals surface area contributed by atoms with Crippen LogP contribution in [0.3, 0.4) is 0 Å². The number of rotatable bonds is 13. The highest BCUT2D eigenvalue weighted by Crippen LogP contribution is 2.35. The third-order valence-corrected chi connectivity index (χ3v) is 7.74. The number of aliphatic carboxylic acids is 1. The highest BCUT2D eigenvalue weighted by atomic mass is 16.6. The summed E-state index contributed by atoms with van der Waals surface area (Å²) in [5.41, 5.74) is 1.03. The number of benzene rings is 1. The highest BCUT2D eigenvalue weighted by Gasteiger charge is 2.40. The van der Waals surface area contributed by atoms with E-state index in [1.165, 1.54) is 19.0 Å². The zero-order valence-electron chi connectivity index (χ0n) is 26.7. The van der Waals surface area contributed by atoms with Gasteiger partial charge >= 0.3 is 18.0 Å². The van der Waals surface area contributed by atoms with Crippen molar-refractivity contribution in [1.29, 1.82) is 0 Å². The molecule has 2 aliphatic rings. The van der Waals surface area contributed by atoms with Crippen LogP contribution in [0.15, 0.2) is 24.3 Å². The minimum Gasteiger partial charge on any atom is -0.480 e. The summed E-state index contributed by atoms with van der Waals surface area (Å²) >= 11 is 0. The fourth-order valence-corrected chi connectivity index (χ4v) is 5.07. The van der Waals surface area contributed by atoms with Gasteiger partial charge in [0.05, 0.1) is 13.2 Å². The van der Waals surface area contributed by atoms with Crippen molar-refractivity contribution in [3.63, 3.8) is 0 Å². The van der Waals surface area contributed by atoms with Crippen molar-refractivity contribution in [2.45, 2.75) is 90.5 Å². The summed E-state index contributed by atoms with van der Waals surface area (Å²) in [4.78, 5) is 57.2. The van der Waals surface area contributed by atoms with E-state index in [2.05, 4.69) is 4.90 Å². The van der Waals surface area contributed by atoms with Crippen molar-refractivity contribution >= 4 is 29.6 Å². The summed E-state index contributed by atoms with van der Waals surface area (Å²) in [5.74, 6) is -2.15. The molecule has 2 fully saturated rings. The second-order valence-corrected chi connectivity index (χ2v) is 13.1. The van der Waals surface area contributed by atoms with Gasteiger partial charge in [0, 0.05) is 39.3 Å². The molecule has 1 saturated carbocycles. The summed E-state index contributed by atoms with van der Waals surface area (Å²) in [7, 11) is 2.93. The zero-order chi connectivity index (χ0) is 31.9. The van der Waals surface area contributed by atoms with Gasteiger partial charge in [0.1, 0.15) is 17.7 Å². The van der Waals surface area contributed by atoms with E-state index in [-0.39, 0.29) is 24.7 Å². The predicted molar refractivity (Wildman–Crippen MR) is 162 cm³/mol. The molecule has 43 heavy (non-hydrogen) atoms. The van der Waals surface area contributed by atoms with Crippen LogP contribution in [0, 0.1) is 11.8 Å². The molecule has 0 radical (unpaired) electrons. The van der Waals surface area contributed by atoms with E-state index in [9.17, 15) is 24.3 Å². The summed E-state index contributed by atoms with van der Waals surface area (Å²) in [6, 6.07) is 5.66. The molecule has 1 saturated heterocycles. The van der Waals surface area contributed by atoms with Crippen LogP contribution >= 0.6 is 0 Å². The van der Waals surface area contributed by atoms with Crippen LogP contribution < -0.4 is 4.90 Å². The van der Waals surface area contributed by atoms with Gasteiger partial charge in [-0.15, -0.1) is 0 Å². The number of carbonyl (C=O) groups excluding carboxylic acids is 3. The first-order valence-electron chi connectivity index (χ1n) is 15.2. The lowest BCUT2D eigenvalue weighted by Crippen LogP contribution is -2.51. The van der Waals surface area contributed by atoms with Crippen LogP contribution in [0.1, 0.15) is 65.9 Å². The second kappa shape index (κ2) is 14.9. The summed E-state index contributed by atoms with van der Waals surface area (Å²) in [6.07, 6.45) is 0.650. The van der Waals surface area contributed by atoms with Crippen LogP contribution in [-0.4, -0.2) is 103 Å². The van der Waals surface area contributed by atoms with Crippen LogP contribution in [0.5, 0.6) is 0 Å². The van der Waals surface area contributed by atoms with Gasteiger partial charge in [0.2, 0.25) is 0 Å². The van der Waals surface area contributed by atoms with Gasteiger partial charge in [-0.2, -0.15) is 0 Å². The van der Waals surface area contributed by atoms with Gasteiger partial charge in [0.15, 0.2) is 6.10 Å². The number of esters is 1. The molecule has 0 aromatic heterocycles. The van der Waals surface area contributed by atoms with E-state index in [0.717, 1.165) is 42.1 Å². The van der Waals surface area contributed by atoms with E-state index >= 15 is 0 Å². The molecule has 1 aliphatic carbocycles. The Kier molecular flexibility index (Phi) is 11.8. The first-order valence-corrected chi connectivity index (χ1v) is 15.2. The summed E-state index contributed by atoms with van der Waals surface area (Å²) < 4.78 is 16.9. The van der Waals surface area contributed by atoms with Crippen molar-refractivity contribution < 1.29 is 38.5 Å². The molecule has 1 aromatic carbocycles. The molecule has 3 atom stereocenters.